The van der Waals surface area contributed by atoms with Gasteiger partial charge in [-0.15, -0.1) is 0 Å². The fourth-order valence-corrected chi connectivity index (χ4v) is 3.60. The first kappa shape index (κ1) is 20.3. The zero-order chi connectivity index (χ0) is 20.3. The fourth-order valence-electron chi connectivity index (χ4n) is 3.60. The topological polar surface area (TPSA) is 71.4 Å². The Morgan fingerprint density at radius 3 is 2.82 bits per heavy atom. The zero-order valence-corrected chi connectivity index (χ0v) is 16.5. The molecule has 0 N–H and O–H groups in total. The number of benzene rings is 1. The Kier molecular flexibility index (Phi) is 6.28. The molecular weight excluding hydrogens is 365 g/mol. The maximum Gasteiger partial charge on any atom is 0.267 e. The Bertz CT molecular complexity index is 783. The molecule has 8 heteroatoms. The molecule has 2 unspecified atom stereocenters. The van der Waals surface area contributed by atoms with Gasteiger partial charge in [-0.1, -0.05) is 24.2 Å². The van der Waals surface area contributed by atoms with E-state index >= 15 is 0 Å². The van der Waals surface area contributed by atoms with E-state index in [4.69, 9.17) is 9.57 Å². The van der Waals surface area contributed by atoms with Gasteiger partial charge in [0.2, 0.25) is 6.10 Å². The molecule has 0 radical (unpaired) electrons. The molecule has 0 aromatic heterocycles. The minimum Gasteiger partial charge on any atom is -0.382 e. The molecule has 28 heavy (non-hydrogen) atoms. The van der Waals surface area contributed by atoms with Crippen LogP contribution in [0, 0.1) is 12.7 Å². The summed E-state index contributed by atoms with van der Waals surface area (Å²) in [6.07, 6.45) is 0.615. The summed E-state index contributed by atoms with van der Waals surface area (Å²) in [6.45, 7) is 4.82. The van der Waals surface area contributed by atoms with E-state index in [1.54, 1.807) is 36.0 Å². The van der Waals surface area contributed by atoms with Crippen LogP contribution < -0.4 is 0 Å². The quantitative estimate of drug-likeness (QED) is 0.770. The fraction of sp³-hybridized carbons (Fsp3) is 0.550. The van der Waals surface area contributed by atoms with E-state index in [2.05, 4.69) is 5.16 Å². The summed E-state index contributed by atoms with van der Waals surface area (Å²) >= 11 is 0. The Balaban J connectivity index is 1.71. The predicted octanol–water partition coefficient (Wildman–Crippen LogP) is 1.99. The van der Waals surface area contributed by atoms with Gasteiger partial charge in [0.15, 0.2) is 0 Å². The van der Waals surface area contributed by atoms with Crippen molar-refractivity contribution in [2.24, 2.45) is 5.16 Å². The molecule has 1 saturated heterocycles. The second kappa shape index (κ2) is 8.68. The molecule has 1 aromatic rings. The van der Waals surface area contributed by atoms with Gasteiger partial charge in [0.05, 0.1) is 23.9 Å². The van der Waals surface area contributed by atoms with E-state index in [0.29, 0.717) is 25.1 Å². The number of ether oxygens (including phenoxy) is 1. The van der Waals surface area contributed by atoms with Gasteiger partial charge in [0, 0.05) is 33.2 Å². The van der Waals surface area contributed by atoms with Crippen molar-refractivity contribution in [3.05, 3.63) is 35.1 Å². The van der Waals surface area contributed by atoms with Gasteiger partial charge >= 0.3 is 0 Å². The summed E-state index contributed by atoms with van der Waals surface area (Å²) in [4.78, 5) is 34.3. The number of halogens is 1. The van der Waals surface area contributed by atoms with Gasteiger partial charge in [-0.25, -0.2) is 4.39 Å². The van der Waals surface area contributed by atoms with Crippen LogP contribution >= 0.6 is 0 Å². The highest BCUT2D eigenvalue weighted by Gasteiger charge is 2.38. The summed E-state index contributed by atoms with van der Waals surface area (Å²) in [5.74, 6) is -1.02. The maximum atomic E-state index is 14.4. The third-order valence-electron chi connectivity index (χ3n) is 5.25. The average molecular weight is 391 g/mol. The van der Waals surface area contributed by atoms with Crippen molar-refractivity contribution >= 4 is 17.5 Å². The Morgan fingerprint density at radius 1 is 1.36 bits per heavy atom. The standard InChI is InChI=1S/C20H26FN3O4/c1-4-14-10-17(28-22-14)20(26)24-9-8-23(11-15(24)12-27-3)19(25)16-7-5-6-13(2)18(16)21/h5-7,15,17H,4,8-12H2,1-3H3. The monoisotopic (exact) mass is 391 g/mol. The largest absolute Gasteiger partial charge is 0.382 e. The molecule has 0 saturated carbocycles. The Hall–Kier alpha value is -2.48. The normalized spacial score (nSPS) is 22.1. The second-order valence-electron chi connectivity index (χ2n) is 7.14. The number of piperazine rings is 1. The molecule has 2 aliphatic heterocycles. The number of oxime groups is 1. The van der Waals surface area contributed by atoms with Crippen LogP contribution in [0.15, 0.2) is 23.4 Å². The smallest absolute Gasteiger partial charge is 0.267 e. The molecule has 0 bridgehead atoms. The van der Waals surface area contributed by atoms with E-state index in [0.717, 1.165) is 12.1 Å². The third-order valence-corrected chi connectivity index (χ3v) is 5.25. The van der Waals surface area contributed by atoms with E-state index in [9.17, 15) is 14.0 Å². The van der Waals surface area contributed by atoms with Crippen molar-refractivity contribution < 1.29 is 23.6 Å². The first-order valence-corrected chi connectivity index (χ1v) is 9.51. The number of methoxy groups -OCH3 is 1. The van der Waals surface area contributed by atoms with E-state index in [1.165, 1.54) is 6.07 Å². The second-order valence-corrected chi connectivity index (χ2v) is 7.14. The van der Waals surface area contributed by atoms with Crippen molar-refractivity contribution in [2.75, 3.05) is 33.4 Å². The van der Waals surface area contributed by atoms with Crippen molar-refractivity contribution in [3.63, 3.8) is 0 Å². The summed E-state index contributed by atoms with van der Waals surface area (Å²) in [6, 6.07) is 4.46. The third kappa shape index (κ3) is 4.01. The molecule has 2 heterocycles. The van der Waals surface area contributed by atoms with Crippen LogP contribution in [0.4, 0.5) is 4.39 Å². The van der Waals surface area contributed by atoms with Gasteiger partial charge in [-0.2, -0.15) is 0 Å². The highest BCUT2D eigenvalue weighted by Crippen LogP contribution is 2.21. The van der Waals surface area contributed by atoms with E-state index in [1.807, 2.05) is 6.92 Å². The van der Waals surface area contributed by atoms with E-state index < -0.39 is 11.9 Å². The summed E-state index contributed by atoms with van der Waals surface area (Å²) in [7, 11) is 1.55. The van der Waals surface area contributed by atoms with Crippen LogP contribution in [-0.4, -0.2) is 72.8 Å². The number of rotatable bonds is 5. The SMILES string of the molecule is CCC1=NOC(C(=O)N2CCN(C(=O)c3cccc(C)c3F)CC2COC)C1. The van der Waals surface area contributed by atoms with Crippen molar-refractivity contribution in [2.45, 2.75) is 38.8 Å². The molecule has 3 rings (SSSR count). The number of aryl methyl sites for hydroxylation is 1. The lowest BCUT2D eigenvalue weighted by atomic mass is 10.1. The maximum absolute atomic E-state index is 14.4. The van der Waals surface area contributed by atoms with Gasteiger partial charge in [0.25, 0.3) is 11.8 Å². The molecule has 1 fully saturated rings. The first-order valence-electron chi connectivity index (χ1n) is 9.51. The summed E-state index contributed by atoms with van der Waals surface area (Å²) in [5, 5.41) is 3.96. The van der Waals surface area contributed by atoms with Gasteiger partial charge in [0.1, 0.15) is 5.82 Å². The van der Waals surface area contributed by atoms with Crippen LogP contribution in [0.5, 0.6) is 0 Å². The number of nitrogens with zero attached hydrogens (tertiary/aromatic N) is 3. The van der Waals surface area contributed by atoms with Crippen LogP contribution in [0.25, 0.3) is 0 Å². The highest BCUT2D eigenvalue weighted by atomic mass is 19.1. The minimum atomic E-state index is -0.620. The molecule has 2 amide bonds. The molecule has 2 aliphatic rings. The number of carbonyl (C=O) groups is 2. The van der Waals surface area contributed by atoms with Crippen molar-refractivity contribution in [1.82, 2.24) is 9.80 Å². The number of amides is 2. The summed E-state index contributed by atoms with van der Waals surface area (Å²) in [5.41, 5.74) is 1.35. The van der Waals surface area contributed by atoms with Crippen LogP contribution in [0.3, 0.4) is 0 Å². The average Bonchev–Trinajstić information content (AvgIpc) is 3.18. The molecule has 0 spiro atoms. The minimum absolute atomic E-state index is 0.0519. The molecule has 7 nitrogen and oxygen atoms in total. The van der Waals surface area contributed by atoms with Gasteiger partial charge in [-0.05, 0) is 25.0 Å². The lowest BCUT2D eigenvalue weighted by Gasteiger charge is -2.41. The molecule has 0 aliphatic carbocycles. The summed E-state index contributed by atoms with van der Waals surface area (Å²) < 4.78 is 19.6. The predicted molar refractivity (Wildman–Crippen MR) is 102 cm³/mol. The number of carbonyl (C=O) groups excluding carboxylic acids is 2. The lowest BCUT2D eigenvalue weighted by Crippen LogP contribution is -2.59. The number of hydrogen-bond acceptors (Lipinski definition) is 5. The first-order chi connectivity index (χ1) is 13.5. The molecular formula is C20H26FN3O4. The van der Waals surface area contributed by atoms with Crippen LogP contribution in [0.1, 0.15) is 35.7 Å². The zero-order valence-electron chi connectivity index (χ0n) is 16.5. The lowest BCUT2D eigenvalue weighted by molar-refractivity contribution is -0.148. The van der Waals surface area contributed by atoms with Crippen LogP contribution in [0.2, 0.25) is 0 Å². The van der Waals surface area contributed by atoms with E-state index in [-0.39, 0.29) is 36.6 Å². The van der Waals surface area contributed by atoms with Gasteiger partial charge < -0.3 is 19.4 Å². The van der Waals surface area contributed by atoms with Crippen molar-refractivity contribution in [1.29, 1.82) is 0 Å². The van der Waals surface area contributed by atoms with Crippen molar-refractivity contribution in [3.8, 4) is 0 Å². The van der Waals surface area contributed by atoms with Gasteiger partial charge in [-0.3, -0.25) is 9.59 Å². The molecule has 2 atom stereocenters. The highest BCUT2D eigenvalue weighted by molar-refractivity contribution is 5.95. The Morgan fingerprint density at radius 2 is 2.14 bits per heavy atom. The molecule has 1 aromatic carbocycles. The Labute approximate surface area is 164 Å². The van der Waals surface area contributed by atoms with Crippen LogP contribution in [-0.2, 0) is 14.4 Å². The molecule has 152 valence electrons. The number of hydrogen-bond donors (Lipinski definition) is 0.